The summed E-state index contributed by atoms with van der Waals surface area (Å²) < 4.78 is 0. The molecule has 0 atom stereocenters. The molecule has 2 aliphatic rings. The molecule has 1 aromatic heterocycles. The Kier molecular flexibility index (Phi) is 5.17. The molecule has 4 rings (SSSR count). The number of hydrogen-bond donors (Lipinski definition) is 1. The van der Waals surface area contributed by atoms with Crippen LogP contribution in [-0.4, -0.2) is 54.7 Å². The van der Waals surface area contributed by atoms with E-state index in [1.54, 1.807) is 23.2 Å². The molecule has 0 saturated heterocycles. The Hall–Kier alpha value is -3.03. The summed E-state index contributed by atoms with van der Waals surface area (Å²) in [6, 6.07) is 8.40. The normalized spacial score (nSPS) is 17.0. The van der Waals surface area contributed by atoms with E-state index in [1.807, 2.05) is 33.2 Å². The molecule has 2 amide bonds. The SMILES string of the molecule is CCN1C(=O)N(C)c2cnc(Nc3ccc(N(C)C)cc3)nc2N1C1CCCC1. The van der Waals surface area contributed by atoms with E-state index in [-0.39, 0.29) is 6.03 Å². The first-order chi connectivity index (χ1) is 14.0. The molecule has 1 N–H and O–H groups in total. The molecule has 1 saturated carbocycles. The first kappa shape index (κ1) is 19.3. The van der Waals surface area contributed by atoms with Crippen LogP contribution in [0.15, 0.2) is 30.5 Å². The van der Waals surface area contributed by atoms with Gasteiger partial charge >= 0.3 is 6.03 Å². The molecule has 2 heterocycles. The summed E-state index contributed by atoms with van der Waals surface area (Å²) in [5.41, 5.74) is 2.81. The van der Waals surface area contributed by atoms with Gasteiger partial charge in [-0.05, 0) is 44.0 Å². The Balaban J connectivity index is 1.67. The highest BCUT2D eigenvalue weighted by atomic mass is 16.2. The van der Waals surface area contributed by atoms with Crippen molar-refractivity contribution >= 4 is 34.9 Å². The van der Waals surface area contributed by atoms with Gasteiger partial charge < -0.3 is 10.2 Å². The van der Waals surface area contributed by atoms with Gasteiger partial charge in [0.25, 0.3) is 0 Å². The third kappa shape index (κ3) is 3.54. The highest BCUT2D eigenvalue weighted by Gasteiger charge is 2.39. The van der Waals surface area contributed by atoms with Crippen LogP contribution in [0.5, 0.6) is 0 Å². The molecule has 0 unspecified atom stereocenters. The zero-order valence-corrected chi connectivity index (χ0v) is 17.6. The van der Waals surface area contributed by atoms with E-state index in [9.17, 15) is 4.79 Å². The molecule has 1 aliphatic heterocycles. The fourth-order valence-electron chi connectivity index (χ4n) is 4.09. The minimum Gasteiger partial charge on any atom is -0.378 e. The van der Waals surface area contributed by atoms with Crippen molar-refractivity contribution in [3.63, 3.8) is 0 Å². The molecule has 2 aromatic rings. The fraction of sp³-hybridized carbons (Fsp3) is 0.476. The number of anilines is 5. The lowest BCUT2D eigenvalue weighted by Gasteiger charge is -2.45. The fourth-order valence-corrected chi connectivity index (χ4v) is 4.09. The Morgan fingerprint density at radius 3 is 2.48 bits per heavy atom. The Bertz CT molecular complexity index is 877. The number of amides is 2. The average Bonchev–Trinajstić information content (AvgIpc) is 3.25. The molecule has 8 heteroatoms. The predicted octanol–water partition coefficient (Wildman–Crippen LogP) is 3.84. The maximum atomic E-state index is 12.9. The molecule has 0 spiro atoms. The maximum absolute atomic E-state index is 12.9. The summed E-state index contributed by atoms with van der Waals surface area (Å²) in [6.07, 6.45) is 6.27. The van der Waals surface area contributed by atoms with Crippen LogP contribution in [0.2, 0.25) is 0 Å². The highest BCUT2D eigenvalue weighted by molar-refractivity contribution is 5.98. The van der Waals surface area contributed by atoms with Crippen LogP contribution in [0.4, 0.5) is 33.6 Å². The lowest BCUT2D eigenvalue weighted by molar-refractivity contribution is 0.191. The number of carbonyl (C=O) groups is 1. The lowest BCUT2D eigenvalue weighted by Crippen LogP contribution is -2.59. The standard InChI is InChI=1S/C21H29N7O/c1-5-27-21(29)26(4)18-14-22-20(23-15-10-12-16(13-11-15)25(2)3)24-19(18)28(27)17-8-6-7-9-17/h10-14,17H,5-9H2,1-4H3,(H,22,23,24). The highest BCUT2D eigenvalue weighted by Crippen LogP contribution is 2.38. The summed E-state index contributed by atoms with van der Waals surface area (Å²) in [5.74, 6) is 1.33. The van der Waals surface area contributed by atoms with Crippen molar-refractivity contribution in [2.24, 2.45) is 0 Å². The number of benzene rings is 1. The van der Waals surface area contributed by atoms with Crippen LogP contribution in [0.25, 0.3) is 0 Å². The van der Waals surface area contributed by atoms with Gasteiger partial charge in [-0.15, -0.1) is 0 Å². The second-order valence-corrected chi connectivity index (χ2v) is 7.81. The molecular weight excluding hydrogens is 366 g/mol. The van der Waals surface area contributed by atoms with Gasteiger partial charge in [0, 0.05) is 39.1 Å². The molecule has 8 nitrogen and oxygen atoms in total. The molecule has 1 aromatic carbocycles. The van der Waals surface area contributed by atoms with Gasteiger partial charge in [0.05, 0.1) is 12.2 Å². The predicted molar refractivity (Wildman–Crippen MR) is 117 cm³/mol. The topological polar surface area (TPSA) is 67.8 Å². The number of nitrogens with zero attached hydrogens (tertiary/aromatic N) is 6. The lowest BCUT2D eigenvalue weighted by atomic mass is 10.2. The number of rotatable bonds is 5. The van der Waals surface area contributed by atoms with E-state index < -0.39 is 0 Å². The molecule has 0 radical (unpaired) electrons. The monoisotopic (exact) mass is 395 g/mol. The molecule has 154 valence electrons. The Morgan fingerprint density at radius 1 is 1.17 bits per heavy atom. The second kappa shape index (κ2) is 7.77. The number of fused-ring (bicyclic) bond motifs is 1. The van der Waals surface area contributed by atoms with Crippen molar-refractivity contribution in [3.05, 3.63) is 30.5 Å². The van der Waals surface area contributed by atoms with Gasteiger partial charge in [-0.2, -0.15) is 4.98 Å². The van der Waals surface area contributed by atoms with Crippen molar-refractivity contribution in [3.8, 4) is 0 Å². The van der Waals surface area contributed by atoms with Gasteiger partial charge in [0.2, 0.25) is 5.95 Å². The van der Waals surface area contributed by atoms with Crippen LogP contribution in [0.3, 0.4) is 0 Å². The maximum Gasteiger partial charge on any atom is 0.343 e. The summed E-state index contributed by atoms with van der Waals surface area (Å²) in [6.45, 7) is 2.61. The second-order valence-electron chi connectivity index (χ2n) is 7.81. The Morgan fingerprint density at radius 2 is 1.86 bits per heavy atom. The smallest absolute Gasteiger partial charge is 0.343 e. The van der Waals surface area contributed by atoms with E-state index >= 15 is 0 Å². The minimum absolute atomic E-state index is 0.0320. The number of nitrogens with one attached hydrogen (secondary N) is 1. The van der Waals surface area contributed by atoms with Crippen LogP contribution in [0, 0.1) is 0 Å². The zero-order chi connectivity index (χ0) is 20.5. The van der Waals surface area contributed by atoms with Gasteiger partial charge in [-0.1, -0.05) is 12.8 Å². The first-order valence-corrected chi connectivity index (χ1v) is 10.3. The van der Waals surface area contributed by atoms with E-state index in [1.165, 1.54) is 12.8 Å². The van der Waals surface area contributed by atoms with E-state index in [0.717, 1.165) is 35.7 Å². The van der Waals surface area contributed by atoms with Crippen molar-refractivity contribution in [1.29, 1.82) is 0 Å². The number of carbonyl (C=O) groups excluding carboxylic acids is 1. The molecule has 1 fully saturated rings. The van der Waals surface area contributed by atoms with Gasteiger partial charge in [0.1, 0.15) is 5.69 Å². The Labute approximate surface area is 172 Å². The quantitative estimate of drug-likeness (QED) is 0.830. The van der Waals surface area contributed by atoms with Crippen molar-refractivity contribution in [2.75, 3.05) is 47.8 Å². The number of urea groups is 1. The third-order valence-corrected chi connectivity index (χ3v) is 5.71. The van der Waals surface area contributed by atoms with E-state index in [2.05, 4.69) is 32.3 Å². The third-order valence-electron chi connectivity index (χ3n) is 5.71. The van der Waals surface area contributed by atoms with Crippen LogP contribution in [-0.2, 0) is 0 Å². The van der Waals surface area contributed by atoms with Gasteiger partial charge in [-0.25, -0.2) is 14.8 Å². The summed E-state index contributed by atoms with van der Waals surface area (Å²) >= 11 is 0. The number of hydrogen-bond acceptors (Lipinski definition) is 6. The van der Waals surface area contributed by atoms with E-state index in [0.29, 0.717) is 18.5 Å². The molecule has 1 aliphatic carbocycles. The van der Waals surface area contributed by atoms with Crippen molar-refractivity contribution < 1.29 is 4.79 Å². The molecule has 0 bridgehead atoms. The molecule has 29 heavy (non-hydrogen) atoms. The summed E-state index contributed by atoms with van der Waals surface area (Å²) in [4.78, 5) is 25.9. The van der Waals surface area contributed by atoms with Crippen LogP contribution < -0.4 is 20.1 Å². The van der Waals surface area contributed by atoms with Gasteiger partial charge in [0.15, 0.2) is 5.82 Å². The summed E-state index contributed by atoms with van der Waals surface area (Å²) in [7, 11) is 5.82. The number of hydrazine groups is 1. The van der Waals surface area contributed by atoms with Crippen LogP contribution >= 0.6 is 0 Å². The minimum atomic E-state index is -0.0320. The van der Waals surface area contributed by atoms with Crippen molar-refractivity contribution in [1.82, 2.24) is 15.0 Å². The zero-order valence-electron chi connectivity index (χ0n) is 17.6. The van der Waals surface area contributed by atoms with Crippen molar-refractivity contribution in [2.45, 2.75) is 38.6 Å². The first-order valence-electron chi connectivity index (χ1n) is 10.3. The summed E-state index contributed by atoms with van der Waals surface area (Å²) in [5, 5.41) is 7.21. The van der Waals surface area contributed by atoms with Gasteiger partial charge in [-0.3, -0.25) is 9.91 Å². The van der Waals surface area contributed by atoms with Crippen LogP contribution in [0.1, 0.15) is 32.6 Å². The van der Waals surface area contributed by atoms with E-state index in [4.69, 9.17) is 4.98 Å². The molecular formula is C21H29N7O. The number of aromatic nitrogens is 2. The largest absolute Gasteiger partial charge is 0.378 e. The average molecular weight is 396 g/mol.